The van der Waals surface area contributed by atoms with Gasteiger partial charge >= 0.3 is 0 Å². The zero-order valence-electron chi connectivity index (χ0n) is 8.51. The molecule has 0 aromatic carbocycles. The monoisotopic (exact) mass is 182 g/mol. The number of hydrogen-bond acceptors (Lipinski definition) is 2. The molecule has 2 rings (SSSR count). The fourth-order valence-corrected chi connectivity index (χ4v) is 2.00. The van der Waals surface area contributed by atoms with Gasteiger partial charge in [-0.25, -0.2) is 0 Å². The van der Waals surface area contributed by atoms with E-state index in [4.69, 9.17) is 9.47 Å². The molecule has 0 amide bonds. The molecule has 0 aromatic rings. The van der Waals surface area contributed by atoms with Crippen LogP contribution in [0.5, 0.6) is 0 Å². The highest BCUT2D eigenvalue weighted by molar-refractivity contribution is 5.07. The molecule has 1 spiro atoms. The zero-order valence-corrected chi connectivity index (χ0v) is 8.51. The van der Waals surface area contributed by atoms with Crippen molar-refractivity contribution in [2.45, 2.75) is 39.4 Å². The highest BCUT2D eigenvalue weighted by Crippen LogP contribution is 2.38. The second-order valence-corrected chi connectivity index (χ2v) is 4.44. The van der Waals surface area contributed by atoms with E-state index in [2.05, 4.69) is 13.0 Å². The molecular weight excluding hydrogens is 164 g/mol. The molecule has 1 aliphatic carbocycles. The van der Waals surface area contributed by atoms with E-state index in [1.807, 2.05) is 6.92 Å². The summed E-state index contributed by atoms with van der Waals surface area (Å²) in [6.07, 6.45) is 5.90. The van der Waals surface area contributed by atoms with Gasteiger partial charge in [-0.1, -0.05) is 11.6 Å². The van der Waals surface area contributed by atoms with Gasteiger partial charge in [-0.05, 0) is 33.1 Å². The van der Waals surface area contributed by atoms with E-state index in [1.54, 1.807) is 0 Å². The number of ether oxygens (including phenoxy) is 2. The summed E-state index contributed by atoms with van der Waals surface area (Å²) in [5.74, 6) is 0. The van der Waals surface area contributed by atoms with E-state index in [9.17, 15) is 0 Å². The van der Waals surface area contributed by atoms with Gasteiger partial charge in [0.25, 0.3) is 0 Å². The first-order valence-electron chi connectivity index (χ1n) is 5.09. The van der Waals surface area contributed by atoms with E-state index in [0.717, 1.165) is 19.6 Å². The number of allylic oxidation sites excluding steroid dienone is 2. The lowest BCUT2D eigenvalue weighted by molar-refractivity contribution is -0.222. The van der Waals surface area contributed by atoms with Crippen molar-refractivity contribution in [2.24, 2.45) is 5.41 Å². The van der Waals surface area contributed by atoms with Crippen molar-refractivity contribution < 1.29 is 9.47 Å². The van der Waals surface area contributed by atoms with Crippen molar-refractivity contribution in [3.63, 3.8) is 0 Å². The third kappa shape index (κ3) is 1.94. The number of rotatable bonds is 0. The van der Waals surface area contributed by atoms with Crippen molar-refractivity contribution in [3.8, 4) is 0 Å². The first kappa shape index (κ1) is 9.22. The maximum atomic E-state index is 5.55. The Labute approximate surface area is 79.9 Å². The van der Waals surface area contributed by atoms with Crippen LogP contribution in [0.4, 0.5) is 0 Å². The second kappa shape index (κ2) is 3.43. The van der Waals surface area contributed by atoms with Gasteiger partial charge in [-0.3, -0.25) is 0 Å². The minimum absolute atomic E-state index is 0.00220. The summed E-state index contributed by atoms with van der Waals surface area (Å²) >= 11 is 0. The van der Waals surface area contributed by atoms with Gasteiger partial charge < -0.3 is 9.47 Å². The average Bonchev–Trinajstić information content (AvgIpc) is 2.16. The van der Waals surface area contributed by atoms with Crippen LogP contribution >= 0.6 is 0 Å². The van der Waals surface area contributed by atoms with Crippen LogP contribution in [0.1, 0.15) is 33.1 Å². The van der Waals surface area contributed by atoms with E-state index in [0.29, 0.717) is 5.41 Å². The molecule has 13 heavy (non-hydrogen) atoms. The average molecular weight is 182 g/mol. The molecule has 1 fully saturated rings. The van der Waals surface area contributed by atoms with E-state index < -0.39 is 0 Å². The summed E-state index contributed by atoms with van der Waals surface area (Å²) in [7, 11) is 0. The molecule has 1 heterocycles. The minimum Gasteiger partial charge on any atom is -0.352 e. The largest absolute Gasteiger partial charge is 0.352 e. The SMILES string of the molecule is CC1=CCC2(CC1)COC(C)OC2. The van der Waals surface area contributed by atoms with Crippen LogP contribution in [0.3, 0.4) is 0 Å². The minimum atomic E-state index is -0.00220. The summed E-state index contributed by atoms with van der Waals surface area (Å²) in [6, 6.07) is 0. The van der Waals surface area contributed by atoms with Gasteiger partial charge in [0.1, 0.15) is 0 Å². The molecule has 0 unspecified atom stereocenters. The van der Waals surface area contributed by atoms with Crippen LogP contribution in [0.15, 0.2) is 11.6 Å². The second-order valence-electron chi connectivity index (χ2n) is 4.44. The van der Waals surface area contributed by atoms with Crippen molar-refractivity contribution in [2.75, 3.05) is 13.2 Å². The summed E-state index contributed by atoms with van der Waals surface area (Å²) in [5, 5.41) is 0. The zero-order chi connectivity index (χ0) is 9.31. The lowest BCUT2D eigenvalue weighted by atomic mass is 9.76. The molecule has 0 saturated carbocycles. The van der Waals surface area contributed by atoms with Gasteiger partial charge in [0.15, 0.2) is 6.29 Å². The summed E-state index contributed by atoms with van der Waals surface area (Å²) in [5.41, 5.74) is 1.82. The smallest absolute Gasteiger partial charge is 0.154 e. The Morgan fingerprint density at radius 1 is 1.38 bits per heavy atom. The third-order valence-corrected chi connectivity index (χ3v) is 3.18. The first-order chi connectivity index (χ1) is 6.20. The normalized spacial score (nSPS) is 40.5. The van der Waals surface area contributed by atoms with E-state index in [1.165, 1.54) is 18.4 Å². The Bertz CT molecular complexity index is 212. The molecule has 0 bridgehead atoms. The fourth-order valence-electron chi connectivity index (χ4n) is 2.00. The molecule has 2 aliphatic rings. The Kier molecular flexibility index (Phi) is 2.43. The van der Waals surface area contributed by atoms with E-state index in [-0.39, 0.29) is 6.29 Å². The lowest BCUT2D eigenvalue weighted by Gasteiger charge is -2.40. The molecule has 0 atom stereocenters. The van der Waals surface area contributed by atoms with Gasteiger partial charge in [-0.2, -0.15) is 0 Å². The molecule has 0 aromatic heterocycles. The van der Waals surface area contributed by atoms with Crippen LogP contribution in [0.25, 0.3) is 0 Å². The molecule has 74 valence electrons. The molecule has 2 nitrogen and oxygen atoms in total. The van der Waals surface area contributed by atoms with Gasteiger partial charge in [-0.15, -0.1) is 0 Å². The summed E-state index contributed by atoms with van der Waals surface area (Å²) < 4.78 is 11.1. The van der Waals surface area contributed by atoms with Crippen molar-refractivity contribution in [3.05, 3.63) is 11.6 Å². The Hall–Kier alpha value is -0.340. The van der Waals surface area contributed by atoms with Crippen LogP contribution < -0.4 is 0 Å². The molecule has 1 saturated heterocycles. The van der Waals surface area contributed by atoms with Crippen molar-refractivity contribution >= 4 is 0 Å². The van der Waals surface area contributed by atoms with Gasteiger partial charge in [0.2, 0.25) is 0 Å². The third-order valence-electron chi connectivity index (χ3n) is 3.18. The number of hydrogen-bond donors (Lipinski definition) is 0. The predicted molar refractivity (Wildman–Crippen MR) is 51.4 cm³/mol. The van der Waals surface area contributed by atoms with Gasteiger partial charge in [0.05, 0.1) is 13.2 Å². The fraction of sp³-hybridized carbons (Fsp3) is 0.818. The summed E-state index contributed by atoms with van der Waals surface area (Å²) in [6.45, 7) is 5.92. The van der Waals surface area contributed by atoms with Crippen molar-refractivity contribution in [1.82, 2.24) is 0 Å². The standard InChI is InChI=1S/C11H18O2/c1-9-3-5-11(6-4-9)7-12-10(2)13-8-11/h3,10H,4-8H2,1-2H3. The summed E-state index contributed by atoms with van der Waals surface area (Å²) in [4.78, 5) is 0. The Morgan fingerprint density at radius 2 is 2.08 bits per heavy atom. The maximum Gasteiger partial charge on any atom is 0.154 e. The molecule has 2 heteroatoms. The van der Waals surface area contributed by atoms with Crippen LogP contribution in [0.2, 0.25) is 0 Å². The molecule has 0 radical (unpaired) electrons. The van der Waals surface area contributed by atoms with Crippen LogP contribution in [0, 0.1) is 5.41 Å². The Morgan fingerprint density at radius 3 is 2.62 bits per heavy atom. The topological polar surface area (TPSA) is 18.5 Å². The Balaban J connectivity index is 1.99. The molecular formula is C11H18O2. The van der Waals surface area contributed by atoms with Crippen LogP contribution in [-0.4, -0.2) is 19.5 Å². The quantitative estimate of drug-likeness (QED) is 0.536. The highest BCUT2D eigenvalue weighted by atomic mass is 16.7. The van der Waals surface area contributed by atoms with Crippen LogP contribution in [-0.2, 0) is 9.47 Å². The lowest BCUT2D eigenvalue weighted by Crippen LogP contribution is -2.41. The molecule has 1 aliphatic heterocycles. The van der Waals surface area contributed by atoms with Gasteiger partial charge in [0, 0.05) is 5.41 Å². The van der Waals surface area contributed by atoms with E-state index >= 15 is 0 Å². The highest BCUT2D eigenvalue weighted by Gasteiger charge is 2.36. The first-order valence-corrected chi connectivity index (χ1v) is 5.09. The maximum absolute atomic E-state index is 5.55. The predicted octanol–water partition coefficient (Wildman–Crippen LogP) is 2.50. The van der Waals surface area contributed by atoms with Crippen molar-refractivity contribution in [1.29, 1.82) is 0 Å². The molecule has 0 N–H and O–H groups in total.